The van der Waals surface area contributed by atoms with Crippen LogP contribution in [0, 0.1) is 10.1 Å². The Morgan fingerprint density at radius 2 is 1.60 bits per heavy atom. The summed E-state index contributed by atoms with van der Waals surface area (Å²) in [5, 5.41) is 11.1. The molecule has 1 saturated heterocycles. The predicted octanol–water partition coefficient (Wildman–Crippen LogP) is 4.86. The third-order valence-electron chi connectivity index (χ3n) is 5.27. The van der Waals surface area contributed by atoms with E-state index in [-0.39, 0.29) is 26.2 Å². The van der Waals surface area contributed by atoms with E-state index in [1.54, 1.807) is 4.90 Å². The molecule has 0 unspecified atom stereocenters. The van der Waals surface area contributed by atoms with Crippen LogP contribution < -0.4 is 9.64 Å². The fraction of sp³-hybridized carbons (Fsp3) is 0.381. The first-order chi connectivity index (χ1) is 16.3. The van der Waals surface area contributed by atoms with Gasteiger partial charge in [-0.1, -0.05) is 0 Å². The van der Waals surface area contributed by atoms with Crippen LogP contribution in [0.15, 0.2) is 42.5 Å². The number of nitro groups is 1. The summed E-state index contributed by atoms with van der Waals surface area (Å²) in [6.07, 6.45) is -8.50. The highest BCUT2D eigenvalue weighted by molar-refractivity contribution is 5.97. The third-order valence-corrected chi connectivity index (χ3v) is 5.27. The number of ether oxygens (including phenoxy) is 1. The van der Waals surface area contributed by atoms with Gasteiger partial charge in [0.25, 0.3) is 11.6 Å². The molecule has 1 amide bonds. The third kappa shape index (κ3) is 6.11. The van der Waals surface area contributed by atoms with Crippen molar-refractivity contribution in [1.82, 2.24) is 4.90 Å². The van der Waals surface area contributed by atoms with Crippen LogP contribution in [-0.4, -0.2) is 60.9 Å². The lowest BCUT2D eigenvalue weighted by atomic mass is 10.1. The number of rotatable bonds is 7. The first kappa shape index (κ1) is 26.0. The van der Waals surface area contributed by atoms with Crippen LogP contribution in [0.25, 0.3) is 0 Å². The molecule has 0 aromatic heterocycles. The van der Waals surface area contributed by atoms with E-state index in [0.717, 1.165) is 30.3 Å². The summed E-state index contributed by atoms with van der Waals surface area (Å²) in [6.45, 7) is -1.24. The topological polar surface area (TPSA) is 75.9 Å². The molecule has 0 radical (unpaired) electrons. The number of alkyl halides is 7. The number of carbonyl (C=O) groups is 1. The summed E-state index contributed by atoms with van der Waals surface area (Å²) in [5.41, 5.74) is -1.32. The SMILES string of the molecule is O=C(c1cc([N+](=O)[O-])ccc1OCC(F)(F)C(F)F)N1CCN(c2ccc(C(F)(F)F)cc2)CC1. The minimum Gasteiger partial charge on any atom is -0.486 e. The summed E-state index contributed by atoms with van der Waals surface area (Å²) in [6, 6.07) is 7.00. The van der Waals surface area contributed by atoms with Crippen molar-refractivity contribution < 1.29 is 45.2 Å². The molecule has 0 spiro atoms. The van der Waals surface area contributed by atoms with E-state index in [2.05, 4.69) is 0 Å². The van der Waals surface area contributed by atoms with Crippen molar-refractivity contribution in [2.24, 2.45) is 0 Å². The second-order valence-electron chi connectivity index (χ2n) is 7.61. The van der Waals surface area contributed by atoms with Crippen LogP contribution >= 0.6 is 0 Å². The average molecular weight is 509 g/mol. The van der Waals surface area contributed by atoms with E-state index in [1.807, 2.05) is 0 Å². The number of non-ortho nitro benzene ring substituents is 1. The van der Waals surface area contributed by atoms with E-state index in [9.17, 15) is 45.6 Å². The molecule has 0 N–H and O–H groups in total. The van der Waals surface area contributed by atoms with Gasteiger partial charge in [0.15, 0.2) is 6.61 Å². The lowest BCUT2D eigenvalue weighted by Gasteiger charge is -2.36. The molecule has 1 heterocycles. The van der Waals surface area contributed by atoms with Crippen molar-refractivity contribution in [3.05, 3.63) is 63.7 Å². The van der Waals surface area contributed by atoms with Gasteiger partial charge in [0.2, 0.25) is 0 Å². The molecule has 14 heteroatoms. The smallest absolute Gasteiger partial charge is 0.416 e. The average Bonchev–Trinajstić information content (AvgIpc) is 2.81. The number of hydrogen-bond acceptors (Lipinski definition) is 5. The number of halogens is 7. The van der Waals surface area contributed by atoms with Crippen LogP contribution in [0.3, 0.4) is 0 Å². The van der Waals surface area contributed by atoms with E-state index >= 15 is 0 Å². The van der Waals surface area contributed by atoms with Crippen LogP contribution in [0.4, 0.5) is 42.1 Å². The van der Waals surface area contributed by atoms with Gasteiger partial charge >= 0.3 is 18.5 Å². The number of piperazine rings is 1. The van der Waals surface area contributed by atoms with Gasteiger partial charge in [-0.2, -0.15) is 22.0 Å². The Hall–Kier alpha value is -3.58. The van der Waals surface area contributed by atoms with Gasteiger partial charge in [-0.05, 0) is 30.3 Å². The number of carbonyl (C=O) groups excluding carboxylic acids is 1. The van der Waals surface area contributed by atoms with E-state index < -0.39 is 58.5 Å². The Balaban J connectivity index is 1.74. The van der Waals surface area contributed by atoms with Gasteiger partial charge in [0, 0.05) is 44.0 Å². The summed E-state index contributed by atoms with van der Waals surface area (Å²) in [5.74, 6) is -5.84. The minimum atomic E-state index is -4.50. The molecule has 35 heavy (non-hydrogen) atoms. The van der Waals surface area contributed by atoms with Gasteiger partial charge in [-0.15, -0.1) is 0 Å². The monoisotopic (exact) mass is 509 g/mol. The van der Waals surface area contributed by atoms with E-state index in [4.69, 9.17) is 4.74 Å². The second kappa shape index (κ2) is 9.96. The van der Waals surface area contributed by atoms with Crippen LogP contribution in [0.5, 0.6) is 5.75 Å². The molecule has 0 atom stereocenters. The summed E-state index contributed by atoms with van der Waals surface area (Å²) in [4.78, 5) is 26.2. The summed E-state index contributed by atoms with van der Waals surface area (Å²) in [7, 11) is 0. The first-order valence-corrected chi connectivity index (χ1v) is 10.1. The number of hydrogen-bond donors (Lipinski definition) is 0. The largest absolute Gasteiger partial charge is 0.486 e. The normalized spacial score (nSPS) is 14.9. The van der Waals surface area contributed by atoms with E-state index in [0.29, 0.717) is 5.69 Å². The maximum atomic E-state index is 13.3. The highest BCUT2D eigenvalue weighted by atomic mass is 19.4. The zero-order valence-electron chi connectivity index (χ0n) is 17.8. The fourth-order valence-electron chi connectivity index (χ4n) is 3.36. The van der Waals surface area contributed by atoms with Crippen molar-refractivity contribution in [1.29, 1.82) is 0 Å². The predicted molar refractivity (Wildman–Crippen MR) is 109 cm³/mol. The van der Waals surface area contributed by atoms with Crippen molar-refractivity contribution in [2.75, 3.05) is 37.7 Å². The number of nitrogens with zero attached hydrogens (tertiary/aromatic N) is 3. The summed E-state index contributed by atoms with van der Waals surface area (Å²) < 4.78 is 94.4. The van der Waals surface area contributed by atoms with Gasteiger partial charge in [-0.25, -0.2) is 8.78 Å². The zero-order chi connectivity index (χ0) is 26.0. The quantitative estimate of drug-likeness (QED) is 0.303. The van der Waals surface area contributed by atoms with Gasteiger partial charge in [-0.3, -0.25) is 14.9 Å². The second-order valence-corrected chi connectivity index (χ2v) is 7.61. The van der Waals surface area contributed by atoms with Crippen LogP contribution in [0.2, 0.25) is 0 Å². The van der Waals surface area contributed by atoms with Crippen molar-refractivity contribution in [3.63, 3.8) is 0 Å². The lowest BCUT2D eigenvalue weighted by Crippen LogP contribution is -2.49. The molecule has 2 aromatic rings. The Morgan fingerprint density at radius 1 is 1.00 bits per heavy atom. The maximum Gasteiger partial charge on any atom is 0.416 e. The molecular weight excluding hydrogens is 491 g/mol. The molecule has 1 aliphatic rings. The minimum absolute atomic E-state index is 0.0508. The Bertz CT molecular complexity index is 1070. The number of nitro benzene ring substituents is 1. The van der Waals surface area contributed by atoms with Crippen molar-refractivity contribution in [3.8, 4) is 5.75 Å². The molecule has 1 aliphatic heterocycles. The van der Waals surface area contributed by atoms with Gasteiger partial charge < -0.3 is 14.5 Å². The number of amides is 1. The zero-order valence-corrected chi connectivity index (χ0v) is 17.8. The van der Waals surface area contributed by atoms with Gasteiger partial charge in [0.1, 0.15) is 5.75 Å². The Kier molecular flexibility index (Phi) is 7.41. The Labute approximate surface area is 193 Å². The highest BCUT2D eigenvalue weighted by Crippen LogP contribution is 2.32. The molecule has 0 saturated carbocycles. The Morgan fingerprint density at radius 3 is 2.11 bits per heavy atom. The molecule has 2 aromatic carbocycles. The fourth-order valence-corrected chi connectivity index (χ4v) is 3.36. The van der Waals surface area contributed by atoms with Crippen molar-refractivity contribution >= 4 is 17.3 Å². The van der Waals surface area contributed by atoms with Crippen LogP contribution in [0.1, 0.15) is 15.9 Å². The van der Waals surface area contributed by atoms with Crippen molar-refractivity contribution in [2.45, 2.75) is 18.5 Å². The molecule has 190 valence electrons. The molecule has 0 aliphatic carbocycles. The number of benzene rings is 2. The van der Waals surface area contributed by atoms with E-state index in [1.165, 1.54) is 17.0 Å². The van der Waals surface area contributed by atoms with Crippen LogP contribution in [-0.2, 0) is 6.18 Å². The molecule has 0 bridgehead atoms. The first-order valence-electron chi connectivity index (χ1n) is 10.1. The molecular formula is C21H18F7N3O4. The highest BCUT2D eigenvalue weighted by Gasteiger charge is 2.42. The molecule has 7 nitrogen and oxygen atoms in total. The standard InChI is InChI=1S/C21H18F7N3O4/c22-19(23)20(24,25)12-35-17-6-5-15(31(33)34)11-16(17)18(32)30-9-7-29(8-10-30)14-3-1-13(2-4-14)21(26,27)28/h1-6,11,19H,7-10,12H2. The maximum absolute atomic E-state index is 13.3. The lowest BCUT2D eigenvalue weighted by molar-refractivity contribution is -0.384. The molecule has 3 rings (SSSR count). The molecule has 1 fully saturated rings. The summed E-state index contributed by atoms with van der Waals surface area (Å²) >= 11 is 0. The van der Waals surface area contributed by atoms with Gasteiger partial charge in [0.05, 0.1) is 16.1 Å². The number of anilines is 1.